The molecule has 0 N–H and O–H groups in total. The topological polar surface area (TPSA) is 126 Å². The Morgan fingerprint density at radius 2 is 1.77 bits per heavy atom. The van der Waals surface area contributed by atoms with Crippen LogP contribution >= 0.6 is 0 Å². The number of hydrogen-bond acceptors (Lipinski definition) is 9. The highest BCUT2D eigenvalue weighted by Crippen LogP contribution is 2.30. The molecule has 0 bridgehead atoms. The van der Waals surface area contributed by atoms with E-state index in [0.29, 0.717) is 66.5 Å². The minimum atomic E-state index is -2.89. The summed E-state index contributed by atoms with van der Waals surface area (Å²) in [5.74, 6) is 0.373. The van der Waals surface area contributed by atoms with Gasteiger partial charge in [-0.1, -0.05) is 35.1 Å². The van der Waals surface area contributed by atoms with Crippen molar-refractivity contribution in [3.63, 3.8) is 0 Å². The number of aromatic nitrogens is 6. The normalized spacial score (nSPS) is 16.8. The summed E-state index contributed by atoms with van der Waals surface area (Å²) in [7, 11) is 0. The lowest BCUT2D eigenvalue weighted by Gasteiger charge is -2.38. The summed E-state index contributed by atoms with van der Waals surface area (Å²) >= 11 is 0. The lowest BCUT2D eigenvalue weighted by molar-refractivity contribution is -0.117. The minimum Gasteiger partial charge on any atom is -0.436 e. The smallest absolute Gasteiger partial charge is 0.350 e. The lowest BCUT2D eigenvalue weighted by atomic mass is 10.0. The SMILES string of the molecule is O=C(c1cc(-c2nc3cc(N4CCCC4=O)ccc3o2)ccn1)N1CCN([C@H](c2ccccc2)c2nnn(C(F)F)n2)CC1. The molecule has 12 nitrogen and oxygen atoms in total. The highest BCUT2D eigenvalue weighted by Gasteiger charge is 2.32. The average molecular weight is 600 g/mol. The predicted octanol–water partition coefficient (Wildman–Crippen LogP) is 3.95. The monoisotopic (exact) mass is 599 g/mol. The molecule has 2 aromatic carbocycles. The Labute approximate surface area is 249 Å². The van der Waals surface area contributed by atoms with Gasteiger partial charge < -0.3 is 14.2 Å². The number of carbonyl (C=O) groups excluding carboxylic acids is 2. The van der Waals surface area contributed by atoms with Gasteiger partial charge in [0.1, 0.15) is 11.2 Å². The molecule has 224 valence electrons. The Balaban J connectivity index is 1.07. The zero-order chi connectivity index (χ0) is 30.2. The minimum absolute atomic E-state index is 0.0953. The van der Waals surface area contributed by atoms with Crippen LogP contribution in [0, 0.1) is 0 Å². The number of pyridine rings is 1. The Kier molecular flexibility index (Phi) is 7.26. The van der Waals surface area contributed by atoms with E-state index in [9.17, 15) is 18.4 Å². The van der Waals surface area contributed by atoms with Crippen LogP contribution in [0.25, 0.3) is 22.6 Å². The van der Waals surface area contributed by atoms with Crippen LogP contribution < -0.4 is 4.90 Å². The highest BCUT2D eigenvalue weighted by molar-refractivity contribution is 5.97. The molecule has 0 unspecified atom stereocenters. The third-order valence-electron chi connectivity index (χ3n) is 7.93. The van der Waals surface area contributed by atoms with Gasteiger partial charge in [0.25, 0.3) is 5.91 Å². The van der Waals surface area contributed by atoms with Gasteiger partial charge in [0.15, 0.2) is 11.4 Å². The van der Waals surface area contributed by atoms with Crippen molar-refractivity contribution in [2.75, 3.05) is 37.6 Å². The van der Waals surface area contributed by atoms with Gasteiger partial charge in [-0.05, 0) is 47.5 Å². The number of halogens is 2. The van der Waals surface area contributed by atoms with Crippen LogP contribution in [0.2, 0.25) is 0 Å². The number of anilines is 1. The van der Waals surface area contributed by atoms with Crippen molar-refractivity contribution in [3.05, 3.63) is 83.9 Å². The van der Waals surface area contributed by atoms with E-state index in [-0.39, 0.29) is 23.3 Å². The molecule has 0 spiro atoms. The first-order chi connectivity index (χ1) is 21.4. The van der Waals surface area contributed by atoms with Crippen molar-refractivity contribution < 1.29 is 22.8 Å². The van der Waals surface area contributed by atoms with Gasteiger partial charge >= 0.3 is 6.55 Å². The van der Waals surface area contributed by atoms with E-state index in [1.54, 1.807) is 34.2 Å². The summed E-state index contributed by atoms with van der Waals surface area (Å²) in [5, 5.41) is 11.3. The number of benzene rings is 2. The third kappa shape index (κ3) is 5.28. The maximum atomic E-state index is 13.5. The van der Waals surface area contributed by atoms with Gasteiger partial charge in [-0.2, -0.15) is 8.78 Å². The number of tetrazole rings is 1. The number of rotatable bonds is 7. The standard InChI is InChI=1S/C30H27F2N9O3/c31-30(32)41-36-27(35-37-41)26(19-5-2-1-3-6-19)38-13-15-39(16-14-38)29(43)23-17-20(10-11-33-23)28-34-22-18-21(8-9-24(22)44-28)40-12-4-7-25(40)42/h1-3,5-6,8-11,17-18,26,30H,4,7,12-16H2/t26-/m1/s1. The van der Waals surface area contributed by atoms with E-state index in [4.69, 9.17) is 4.42 Å². The van der Waals surface area contributed by atoms with E-state index in [2.05, 4.69) is 30.3 Å². The zero-order valence-corrected chi connectivity index (χ0v) is 23.5. The van der Waals surface area contributed by atoms with Crippen molar-refractivity contribution in [3.8, 4) is 11.5 Å². The highest BCUT2D eigenvalue weighted by atomic mass is 19.3. The van der Waals surface area contributed by atoms with Crippen LogP contribution in [-0.2, 0) is 4.79 Å². The summed E-state index contributed by atoms with van der Waals surface area (Å²) in [6.07, 6.45) is 2.92. The molecule has 0 aliphatic carbocycles. The summed E-state index contributed by atoms with van der Waals surface area (Å²) in [6, 6.07) is 17.8. The van der Waals surface area contributed by atoms with E-state index in [1.165, 1.54) is 0 Å². The first-order valence-electron chi connectivity index (χ1n) is 14.3. The van der Waals surface area contributed by atoms with Gasteiger partial charge in [-0.15, -0.1) is 10.2 Å². The molecule has 2 aliphatic heterocycles. The van der Waals surface area contributed by atoms with Crippen molar-refractivity contribution in [1.29, 1.82) is 0 Å². The van der Waals surface area contributed by atoms with Crippen molar-refractivity contribution in [1.82, 2.24) is 40.0 Å². The number of fused-ring (bicyclic) bond motifs is 1. The van der Waals surface area contributed by atoms with Crippen LogP contribution in [0.5, 0.6) is 0 Å². The number of amides is 2. The van der Waals surface area contributed by atoms with E-state index in [1.807, 2.05) is 42.5 Å². The molecule has 2 saturated heterocycles. The fourth-order valence-corrected chi connectivity index (χ4v) is 5.74. The summed E-state index contributed by atoms with van der Waals surface area (Å²) < 4.78 is 32.3. The van der Waals surface area contributed by atoms with Gasteiger partial charge in [0.2, 0.25) is 11.8 Å². The number of oxazole rings is 1. The Morgan fingerprint density at radius 3 is 2.50 bits per heavy atom. The Hall–Kier alpha value is -5.11. The van der Waals surface area contributed by atoms with Crippen LogP contribution in [0.15, 0.2) is 71.3 Å². The van der Waals surface area contributed by atoms with Crippen molar-refractivity contribution in [2.45, 2.75) is 25.4 Å². The maximum Gasteiger partial charge on any atom is 0.350 e. The van der Waals surface area contributed by atoms with Gasteiger partial charge in [-0.3, -0.25) is 19.5 Å². The van der Waals surface area contributed by atoms with Gasteiger partial charge in [0, 0.05) is 56.6 Å². The molecule has 2 aliphatic rings. The molecular formula is C30H27F2N9O3. The summed E-state index contributed by atoms with van der Waals surface area (Å²) in [4.78, 5) is 40.4. The van der Waals surface area contributed by atoms with Crippen molar-refractivity contribution in [2.24, 2.45) is 0 Å². The molecular weight excluding hydrogens is 572 g/mol. The molecule has 0 radical (unpaired) electrons. The Morgan fingerprint density at radius 1 is 0.955 bits per heavy atom. The van der Waals surface area contributed by atoms with Gasteiger partial charge in [0.05, 0.1) is 6.04 Å². The van der Waals surface area contributed by atoms with Crippen molar-refractivity contribution >= 4 is 28.6 Å². The first-order valence-corrected chi connectivity index (χ1v) is 14.3. The van der Waals surface area contributed by atoms with Crippen LogP contribution in [0.4, 0.5) is 14.5 Å². The maximum absolute atomic E-state index is 13.5. The van der Waals surface area contributed by atoms with Crippen LogP contribution in [0.3, 0.4) is 0 Å². The quantitative estimate of drug-likeness (QED) is 0.273. The summed E-state index contributed by atoms with van der Waals surface area (Å²) in [6.45, 7) is -0.514. The van der Waals surface area contributed by atoms with Gasteiger partial charge in [-0.25, -0.2) is 4.98 Å². The number of nitrogens with zero attached hydrogens (tertiary/aromatic N) is 9. The molecule has 7 rings (SSSR count). The number of carbonyl (C=O) groups is 2. The third-order valence-corrected chi connectivity index (χ3v) is 7.93. The molecule has 5 heterocycles. The van der Waals surface area contributed by atoms with Crippen LogP contribution in [-0.4, -0.2) is 84.5 Å². The largest absolute Gasteiger partial charge is 0.436 e. The fourth-order valence-electron chi connectivity index (χ4n) is 5.74. The second-order valence-corrected chi connectivity index (χ2v) is 10.6. The molecule has 2 fully saturated rings. The molecule has 44 heavy (non-hydrogen) atoms. The molecule has 2 amide bonds. The second-order valence-electron chi connectivity index (χ2n) is 10.6. The Bertz CT molecular complexity index is 1820. The molecule has 3 aromatic heterocycles. The second kappa shape index (κ2) is 11.5. The summed E-state index contributed by atoms with van der Waals surface area (Å²) in [5.41, 5.74) is 3.68. The first kappa shape index (κ1) is 27.7. The number of piperazine rings is 1. The van der Waals surface area contributed by atoms with Crippen LogP contribution in [0.1, 0.15) is 47.3 Å². The number of hydrogen-bond donors (Lipinski definition) is 0. The van der Waals surface area contributed by atoms with E-state index < -0.39 is 12.6 Å². The van der Waals surface area contributed by atoms with E-state index >= 15 is 0 Å². The molecule has 14 heteroatoms. The predicted molar refractivity (Wildman–Crippen MR) is 154 cm³/mol. The van der Waals surface area contributed by atoms with E-state index in [0.717, 1.165) is 17.7 Å². The average Bonchev–Trinajstić information content (AvgIpc) is 3.82. The number of alkyl halides is 2. The molecule has 0 saturated carbocycles. The molecule has 1 atom stereocenters. The zero-order valence-electron chi connectivity index (χ0n) is 23.5. The fraction of sp³-hybridized carbons (Fsp3) is 0.300. The lowest BCUT2D eigenvalue weighted by Crippen LogP contribution is -2.50. The molecule has 5 aromatic rings.